The van der Waals surface area contributed by atoms with Crippen LogP contribution in [-0.4, -0.2) is 30.8 Å². The Labute approximate surface area is 157 Å². The largest absolute Gasteiger partial charge is 0.340 e. The number of amides is 3. The zero-order valence-electron chi connectivity index (χ0n) is 14.7. The Balaban J connectivity index is 1.97. The van der Waals surface area contributed by atoms with Crippen molar-refractivity contribution in [2.24, 2.45) is 0 Å². The van der Waals surface area contributed by atoms with Crippen molar-refractivity contribution in [2.75, 3.05) is 17.3 Å². The fraction of sp³-hybridized carbons (Fsp3) is 0.211. The summed E-state index contributed by atoms with van der Waals surface area (Å²) in [5.41, 5.74) is 1.59. The van der Waals surface area contributed by atoms with Crippen molar-refractivity contribution in [1.29, 1.82) is 0 Å². The number of carbonyl (C=O) groups is 3. The zero-order chi connectivity index (χ0) is 19.3. The van der Waals surface area contributed by atoms with Crippen LogP contribution < -0.4 is 15.5 Å². The van der Waals surface area contributed by atoms with Crippen molar-refractivity contribution < 1.29 is 14.4 Å². The number of nitrogens with zero attached hydrogens (tertiary/aromatic N) is 1. The van der Waals surface area contributed by atoms with Gasteiger partial charge in [0, 0.05) is 25.3 Å². The first-order chi connectivity index (χ1) is 12.3. The van der Waals surface area contributed by atoms with Gasteiger partial charge in [0.15, 0.2) is 0 Å². The predicted molar refractivity (Wildman–Crippen MR) is 103 cm³/mol. The van der Waals surface area contributed by atoms with Crippen LogP contribution in [-0.2, 0) is 9.59 Å². The fourth-order valence-electron chi connectivity index (χ4n) is 2.19. The van der Waals surface area contributed by atoms with Gasteiger partial charge in [0.05, 0.1) is 10.6 Å². The van der Waals surface area contributed by atoms with Crippen molar-refractivity contribution in [1.82, 2.24) is 5.32 Å². The Morgan fingerprint density at radius 3 is 2.23 bits per heavy atom. The number of halogens is 1. The first-order valence-corrected chi connectivity index (χ1v) is 8.38. The van der Waals surface area contributed by atoms with E-state index in [1.54, 1.807) is 62.5 Å². The number of rotatable bonds is 5. The number of hydrogen-bond donors (Lipinski definition) is 2. The van der Waals surface area contributed by atoms with Crippen molar-refractivity contribution in [3.63, 3.8) is 0 Å². The smallest absolute Gasteiger partial charge is 0.253 e. The molecule has 2 N–H and O–H groups in total. The molecule has 0 radical (unpaired) electrons. The molecule has 2 aromatic rings. The number of carbonyl (C=O) groups excluding carboxylic acids is 3. The average Bonchev–Trinajstić information content (AvgIpc) is 2.61. The molecular formula is C19H20ClN3O3. The van der Waals surface area contributed by atoms with E-state index in [0.717, 1.165) is 5.69 Å². The van der Waals surface area contributed by atoms with Crippen molar-refractivity contribution >= 4 is 40.7 Å². The molecule has 0 saturated carbocycles. The third-order valence-corrected chi connectivity index (χ3v) is 4.18. The van der Waals surface area contributed by atoms with Gasteiger partial charge in [0.1, 0.15) is 6.04 Å². The van der Waals surface area contributed by atoms with Crippen LogP contribution in [0.1, 0.15) is 24.2 Å². The minimum atomic E-state index is -0.752. The van der Waals surface area contributed by atoms with Crippen LogP contribution in [0.5, 0.6) is 0 Å². The van der Waals surface area contributed by atoms with Gasteiger partial charge in [-0.2, -0.15) is 0 Å². The number of anilines is 2. The molecule has 1 atom stereocenters. The highest BCUT2D eigenvalue weighted by molar-refractivity contribution is 6.33. The van der Waals surface area contributed by atoms with Gasteiger partial charge >= 0.3 is 0 Å². The van der Waals surface area contributed by atoms with Crippen LogP contribution in [0.4, 0.5) is 11.4 Å². The molecule has 0 aliphatic heterocycles. The van der Waals surface area contributed by atoms with E-state index < -0.39 is 11.9 Å². The van der Waals surface area contributed by atoms with Crippen LogP contribution in [0.3, 0.4) is 0 Å². The molecule has 0 heterocycles. The van der Waals surface area contributed by atoms with E-state index >= 15 is 0 Å². The SMILES string of the molecule is CC(=O)N(C)c1ccc(NC(=O)C(C)NC(=O)c2ccccc2Cl)cc1. The Kier molecular flexibility index (Phi) is 6.36. The molecular weight excluding hydrogens is 354 g/mol. The normalized spacial score (nSPS) is 11.4. The second kappa shape index (κ2) is 8.49. The van der Waals surface area contributed by atoms with Gasteiger partial charge in [-0.15, -0.1) is 0 Å². The number of nitrogens with one attached hydrogen (secondary N) is 2. The topological polar surface area (TPSA) is 78.5 Å². The molecule has 0 saturated heterocycles. The summed E-state index contributed by atoms with van der Waals surface area (Å²) in [6, 6.07) is 12.7. The molecule has 26 heavy (non-hydrogen) atoms. The van der Waals surface area contributed by atoms with Gasteiger partial charge in [-0.25, -0.2) is 0 Å². The molecule has 3 amide bonds. The molecule has 2 aromatic carbocycles. The summed E-state index contributed by atoms with van der Waals surface area (Å²) in [7, 11) is 1.67. The highest BCUT2D eigenvalue weighted by atomic mass is 35.5. The summed E-state index contributed by atoms with van der Waals surface area (Å²) in [6.07, 6.45) is 0. The van der Waals surface area contributed by atoms with E-state index in [2.05, 4.69) is 10.6 Å². The molecule has 0 fully saturated rings. The van der Waals surface area contributed by atoms with Crippen LogP contribution in [0.25, 0.3) is 0 Å². The molecule has 0 aliphatic carbocycles. The lowest BCUT2D eigenvalue weighted by Crippen LogP contribution is -2.41. The highest BCUT2D eigenvalue weighted by Gasteiger charge is 2.18. The van der Waals surface area contributed by atoms with Gasteiger partial charge in [0.25, 0.3) is 5.91 Å². The summed E-state index contributed by atoms with van der Waals surface area (Å²) in [5, 5.41) is 5.65. The first-order valence-electron chi connectivity index (χ1n) is 8.00. The van der Waals surface area contributed by atoms with E-state index in [1.165, 1.54) is 11.8 Å². The molecule has 2 rings (SSSR count). The Hall–Kier alpha value is -2.86. The van der Waals surface area contributed by atoms with E-state index in [1.807, 2.05) is 0 Å². The maximum absolute atomic E-state index is 12.3. The van der Waals surface area contributed by atoms with Crippen LogP contribution >= 0.6 is 11.6 Å². The molecule has 0 bridgehead atoms. The first kappa shape index (κ1) is 19.5. The average molecular weight is 374 g/mol. The van der Waals surface area contributed by atoms with Gasteiger partial charge in [0.2, 0.25) is 11.8 Å². The Bertz CT molecular complexity index is 821. The third-order valence-electron chi connectivity index (χ3n) is 3.85. The van der Waals surface area contributed by atoms with Crippen LogP contribution in [0.15, 0.2) is 48.5 Å². The lowest BCUT2D eigenvalue weighted by atomic mass is 10.2. The lowest BCUT2D eigenvalue weighted by Gasteiger charge is -2.17. The predicted octanol–water partition coefficient (Wildman–Crippen LogP) is 3.08. The van der Waals surface area contributed by atoms with Gasteiger partial charge in [-0.3, -0.25) is 14.4 Å². The zero-order valence-corrected chi connectivity index (χ0v) is 15.5. The number of hydrogen-bond acceptors (Lipinski definition) is 3. The van der Waals surface area contributed by atoms with Gasteiger partial charge in [-0.05, 0) is 43.3 Å². The number of benzene rings is 2. The molecule has 1 unspecified atom stereocenters. The standard InChI is InChI=1S/C19H20ClN3O3/c1-12(21-19(26)16-6-4-5-7-17(16)20)18(25)22-14-8-10-15(11-9-14)23(3)13(2)24/h4-12H,1-3H3,(H,21,26)(H,22,25). The fourth-order valence-corrected chi connectivity index (χ4v) is 2.41. The van der Waals surface area contributed by atoms with E-state index in [4.69, 9.17) is 11.6 Å². The Morgan fingerprint density at radius 1 is 1.04 bits per heavy atom. The van der Waals surface area contributed by atoms with Crippen molar-refractivity contribution in [3.8, 4) is 0 Å². The highest BCUT2D eigenvalue weighted by Crippen LogP contribution is 2.17. The monoisotopic (exact) mass is 373 g/mol. The second-order valence-corrected chi connectivity index (χ2v) is 6.20. The summed E-state index contributed by atoms with van der Waals surface area (Å²) in [5.74, 6) is -0.868. The van der Waals surface area contributed by atoms with E-state index in [0.29, 0.717) is 16.3 Å². The summed E-state index contributed by atoms with van der Waals surface area (Å²) in [6.45, 7) is 3.06. The van der Waals surface area contributed by atoms with Gasteiger partial charge in [-0.1, -0.05) is 23.7 Å². The lowest BCUT2D eigenvalue weighted by molar-refractivity contribution is -0.118. The van der Waals surface area contributed by atoms with Crippen LogP contribution in [0.2, 0.25) is 5.02 Å². The third kappa shape index (κ3) is 4.83. The summed E-state index contributed by atoms with van der Waals surface area (Å²) in [4.78, 5) is 37.3. The Morgan fingerprint density at radius 2 is 1.65 bits per heavy atom. The molecule has 6 nitrogen and oxygen atoms in total. The minimum Gasteiger partial charge on any atom is -0.340 e. The van der Waals surface area contributed by atoms with Crippen LogP contribution in [0, 0.1) is 0 Å². The van der Waals surface area contributed by atoms with E-state index in [9.17, 15) is 14.4 Å². The molecule has 7 heteroatoms. The van der Waals surface area contributed by atoms with Crippen molar-refractivity contribution in [3.05, 3.63) is 59.1 Å². The quantitative estimate of drug-likeness (QED) is 0.845. The molecule has 0 aliphatic rings. The maximum Gasteiger partial charge on any atom is 0.253 e. The van der Waals surface area contributed by atoms with E-state index in [-0.39, 0.29) is 11.8 Å². The molecule has 0 spiro atoms. The molecule has 136 valence electrons. The van der Waals surface area contributed by atoms with Gasteiger partial charge < -0.3 is 15.5 Å². The maximum atomic E-state index is 12.3. The summed E-state index contributed by atoms with van der Waals surface area (Å²) >= 11 is 5.99. The van der Waals surface area contributed by atoms with Crippen molar-refractivity contribution in [2.45, 2.75) is 19.9 Å². The summed E-state index contributed by atoms with van der Waals surface area (Å²) < 4.78 is 0. The molecule has 0 aromatic heterocycles. The second-order valence-electron chi connectivity index (χ2n) is 5.79. The minimum absolute atomic E-state index is 0.0855.